The monoisotopic (exact) mass is 325 g/mol. The number of rotatable bonds is 4. The first-order valence-electron chi connectivity index (χ1n) is 8.76. The molecule has 0 aromatic heterocycles. The largest absolute Gasteiger partial charge is 0.444 e. The van der Waals surface area contributed by atoms with Gasteiger partial charge in [0.1, 0.15) is 5.60 Å². The van der Waals surface area contributed by atoms with Crippen LogP contribution in [0.15, 0.2) is 0 Å². The fourth-order valence-corrected chi connectivity index (χ4v) is 3.27. The van der Waals surface area contributed by atoms with Crippen LogP contribution in [-0.4, -0.2) is 46.7 Å². The van der Waals surface area contributed by atoms with Gasteiger partial charge in [-0.05, 0) is 53.4 Å². The lowest BCUT2D eigenvalue weighted by Crippen LogP contribution is -2.58. The predicted octanol–water partition coefficient (Wildman–Crippen LogP) is 2.16. The normalized spacial score (nSPS) is 26.3. The molecule has 0 bridgehead atoms. The van der Waals surface area contributed by atoms with E-state index in [1.807, 2.05) is 25.7 Å². The molecule has 0 aliphatic heterocycles. The van der Waals surface area contributed by atoms with Gasteiger partial charge in [0.2, 0.25) is 5.91 Å². The lowest BCUT2D eigenvalue weighted by molar-refractivity contribution is -0.136. The van der Waals surface area contributed by atoms with Crippen molar-refractivity contribution in [3.8, 4) is 0 Å². The first-order chi connectivity index (χ1) is 10.7. The van der Waals surface area contributed by atoms with Gasteiger partial charge in [-0.1, -0.05) is 12.8 Å². The van der Waals surface area contributed by atoms with Crippen molar-refractivity contribution in [1.82, 2.24) is 10.2 Å². The van der Waals surface area contributed by atoms with Gasteiger partial charge in [-0.3, -0.25) is 4.79 Å². The van der Waals surface area contributed by atoms with Crippen molar-refractivity contribution < 1.29 is 14.3 Å². The first kappa shape index (κ1) is 18.0. The van der Waals surface area contributed by atoms with E-state index in [1.54, 1.807) is 6.92 Å². The van der Waals surface area contributed by atoms with E-state index in [1.165, 1.54) is 0 Å². The fourth-order valence-electron chi connectivity index (χ4n) is 3.27. The minimum absolute atomic E-state index is 0.00427. The van der Waals surface area contributed by atoms with Crippen LogP contribution in [0.5, 0.6) is 0 Å². The van der Waals surface area contributed by atoms with Gasteiger partial charge in [0.25, 0.3) is 0 Å². The molecule has 0 spiro atoms. The number of hydrogen-bond donors (Lipinski definition) is 2. The van der Waals surface area contributed by atoms with E-state index in [9.17, 15) is 9.59 Å². The Kier molecular flexibility index (Phi) is 5.55. The molecule has 0 aromatic rings. The van der Waals surface area contributed by atoms with E-state index in [2.05, 4.69) is 5.32 Å². The summed E-state index contributed by atoms with van der Waals surface area (Å²) in [5.41, 5.74) is 5.31. The van der Waals surface area contributed by atoms with Crippen LogP contribution in [0.2, 0.25) is 0 Å². The lowest BCUT2D eigenvalue weighted by atomic mass is 9.88. The van der Waals surface area contributed by atoms with Crippen molar-refractivity contribution in [3.05, 3.63) is 0 Å². The van der Waals surface area contributed by atoms with Crippen LogP contribution >= 0.6 is 0 Å². The maximum absolute atomic E-state index is 12.5. The summed E-state index contributed by atoms with van der Waals surface area (Å²) in [6.07, 6.45) is 5.59. The fraction of sp³-hybridized carbons (Fsp3) is 0.882. The molecule has 23 heavy (non-hydrogen) atoms. The molecule has 0 radical (unpaired) electrons. The van der Waals surface area contributed by atoms with Gasteiger partial charge in [-0.25, -0.2) is 4.79 Å². The molecule has 0 aromatic carbocycles. The highest BCUT2D eigenvalue weighted by Gasteiger charge is 2.42. The second kappa shape index (κ2) is 7.07. The summed E-state index contributed by atoms with van der Waals surface area (Å²) < 4.78 is 5.37. The number of amides is 2. The molecule has 2 saturated carbocycles. The number of ether oxygens (including phenoxy) is 1. The third kappa shape index (κ3) is 5.09. The number of nitrogens with zero attached hydrogens (tertiary/aromatic N) is 1. The summed E-state index contributed by atoms with van der Waals surface area (Å²) in [6.45, 7) is 7.28. The predicted molar refractivity (Wildman–Crippen MR) is 88.9 cm³/mol. The SMILES string of the molecule is C[C@H](N)C(=O)N(C1CC1)C1CCCCC1NC(=O)OC(C)(C)C. The van der Waals surface area contributed by atoms with Gasteiger partial charge >= 0.3 is 6.09 Å². The van der Waals surface area contributed by atoms with E-state index in [-0.39, 0.29) is 18.0 Å². The molecule has 2 amide bonds. The van der Waals surface area contributed by atoms with Gasteiger partial charge in [-0.2, -0.15) is 0 Å². The van der Waals surface area contributed by atoms with Crippen molar-refractivity contribution >= 4 is 12.0 Å². The zero-order chi connectivity index (χ0) is 17.2. The Hall–Kier alpha value is -1.30. The van der Waals surface area contributed by atoms with E-state index in [0.29, 0.717) is 6.04 Å². The Labute approximate surface area is 139 Å². The Morgan fingerprint density at radius 1 is 1.17 bits per heavy atom. The second-order valence-electron chi connectivity index (χ2n) is 7.87. The van der Waals surface area contributed by atoms with Crippen molar-refractivity contribution in [3.63, 3.8) is 0 Å². The van der Waals surface area contributed by atoms with Crippen LogP contribution in [-0.2, 0) is 9.53 Å². The van der Waals surface area contributed by atoms with Gasteiger partial charge in [-0.15, -0.1) is 0 Å². The maximum Gasteiger partial charge on any atom is 0.407 e. The molecule has 2 unspecified atom stereocenters. The number of carbonyl (C=O) groups excluding carboxylic acids is 2. The van der Waals surface area contributed by atoms with Crippen LogP contribution in [0.1, 0.15) is 66.2 Å². The van der Waals surface area contributed by atoms with Crippen LogP contribution in [0, 0.1) is 0 Å². The highest BCUT2D eigenvalue weighted by atomic mass is 16.6. The van der Waals surface area contributed by atoms with Crippen LogP contribution < -0.4 is 11.1 Å². The molecule has 0 saturated heterocycles. The average molecular weight is 325 g/mol. The van der Waals surface area contributed by atoms with Gasteiger partial charge < -0.3 is 20.7 Å². The summed E-state index contributed by atoms with van der Waals surface area (Å²) in [7, 11) is 0. The summed E-state index contributed by atoms with van der Waals surface area (Å²) in [4.78, 5) is 26.6. The number of hydrogen-bond acceptors (Lipinski definition) is 4. The molecule has 3 N–H and O–H groups in total. The molecule has 2 aliphatic rings. The molecular formula is C17H31N3O3. The molecule has 3 atom stereocenters. The van der Waals surface area contributed by atoms with Crippen molar-refractivity contribution in [1.29, 1.82) is 0 Å². The number of alkyl carbamates (subject to hydrolysis) is 1. The van der Waals surface area contributed by atoms with Crippen molar-refractivity contribution in [2.75, 3.05) is 0 Å². The smallest absolute Gasteiger partial charge is 0.407 e. The maximum atomic E-state index is 12.5. The highest BCUT2D eigenvalue weighted by Crippen LogP contribution is 2.34. The topological polar surface area (TPSA) is 84.7 Å². The third-order valence-corrected chi connectivity index (χ3v) is 4.37. The summed E-state index contributed by atoms with van der Waals surface area (Å²) in [5, 5.41) is 2.99. The average Bonchev–Trinajstić information content (AvgIpc) is 3.23. The van der Waals surface area contributed by atoms with Crippen LogP contribution in [0.25, 0.3) is 0 Å². The van der Waals surface area contributed by atoms with E-state index in [0.717, 1.165) is 38.5 Å². The molecule has 2 fully saturated rings. The van der Waals surface area contributed by atoms with Crippen LogP contribution in [0.4, 0.5) is 4.79 Å². The molecule has 6 heteroatoms. The number of nitrogens with one attached hydrogen (secondary N) is 1. The molecule has 132 valence electrons. The van der Waals surface area contributed by atoms with E-state index < -0.39 is 17.7 Å². The lowest BCUT2D eigenvalue weighted by Gasteiger charge is -2.41. The zero-order valence-corrected chi connectivity index (χ0v) is 14.8. The molecule has 0 heterocycles. The highest BCUT2D eigenvalue weighted by molar-refractivity contribution is 5.82. The van der Waals surface area contributed by atoms with Crippen molar-refractivity contribution in [2.45, 2.75) is 96.0 Å². The molecule has 2 rings (SSSR count). The van der Waals surface area contributed by atoms with Gasteiger partial charge in [0.15, 0.2) is 0 Å². The van der Waals surface area contributed by atoms with Gasteiger partial charge in [0, 0.05) is 6.04 Å². The Bertz CT molecular complexity index is 441. The summed E-state index contributed by atoms with van der Waals surface area (Å²) >= 11 is 0. The molecule has 2 aliphatic carbocycles. The number of carbonyl (C=O) groups is 2. The zero-order valence-electron chi connectivity index (χ0n) is 14.8. The standard InChI is InChI=1S/C17H31N3O3/c1-11(18)15(21)20(12-9-10-12)14-8-6-5-7-13(14)19-16(22)23-17(2,3)4/h11-14H,5-10,18H2,1-4H3,(H,19,22)/t11-,13?,14?/m0/s1. The Morgan fingerprint density at radius 3 is 2.30 bits per heavy atom. The van der Waals surface area contributed by atoms with Crippen molar-refractivity contribution in [2.24, 2.45) is 5.73 Å². The third-order valence-electron chi connectivity index (χ3n) is 4.37. The minimum Gasteiger partial charge on any atom is -0.444 e. The Balaban J connectivity index is 2.07. The molecular weight excluding hydrogens is 294 g/mol. The summed E-state index contributed by atoms with van der Waals surface area (Å²) in [5.74, 6) is -0.00427. The molecule has 6 nitrogen and oxygen atoms in total. The van der Waals surface area contributed by atoms with Gasteiger partial charge in [0.05, 0.1) is 18.1 Å². The minimum atomic E-state index is -0.522. The van der Waals surface area contributed by atoms with Crippen LogP contribution in [0.3, 0.4) is 0 Å². The quantitative estimate of drug-likeness (QED) is 0.829. The first-order valence-corrected chi connectivity index (χ1v) is 8.76. The summed E-state index contributed by atoms with van der Waals surface area (Å²) in [6, 6.07) is -0.233. The second-order valence-corrected chi connectivity index (χ2v) is 7.87. The Morgan fingerprint density at radius 2 is 1.78 bits per heavy atom. The van der Waals surface area contributed by atoms with E-state index in [4.69, 9.17) is 10.5 Å². The number of nitrogens with two attached hydrogens (primary N) is 1. The van der Waals surface area contributed by atoms with E-state index >= 15 is 0 Å².